The van der Waals surface area contributed by atoms with Crippen molar-refractivity contribution in [2.45, 2.75) is 25.7 Å². The monoisotopic (exact) mass is 274 g/mol. The van der Waals surface area contributed by atoms with E-state index in [-0.39, 0.29) is 0 Å². The fourth-order valence-corrected chi connectivity index (χ4v) is 3.24. The van der Waals surface area contributed by atoms with Crippen LogP contribution in [0.1, 0.15) is 24.0 Å². The van der Waals surface area contributed by atoms with Crippen molar-refractivity contribution in [3.8, 4) is 11.3 Å². The zero-order valence-electron chi connectivity index (χ0n) is 12.0. The summed E-state index contributed by atoms with van der Waals surface area (Å²) in [7, 11) is 0. The third-order valence-electron chi connectivity index (χ3n) is 4.39. The van der Waals surface area contributed by atoms with E-state index in [2.05, 4.69) is 18.2 Å². The maximum absolute atomic E-state index is 6.19. The van der Waals surface area contributed by atoms with Crippen LogP contribution in [0.2, 0.25) is 0 Å². The highest BCUT2D eigenvalue weighted by Crippen LogP contribution is 2.29. The highest BCUT2D eigenvalue weighted by molar-refractivity contribution is 5.92. The molecule has 2 N–H and O–H groups in total. The van der Waals surface area contributed by atoms with Gasteiger partial charge in [0.25, 0.3) is 0 Å². The van der Waals surface area contributed by atoms with Crippen molar-refractivity contribution < 1.29 is 0 Å². The van der Waals surface area contributed by atoms with Gasteiger partial charge in [-0.25, -0.2) is 4.98 Å². The average molecular weight is 274 g/mol. The SMILES string of the molecule is Nc1cc(-c2ccc3c(c2)CCCC3)nc2ccccc12. The van der Waals surface area contributed by atoms with Gasteiger partial charge in [-0.2, -0.15) is 0 Å². The first-order valence-corrected chi connectivity index (χ1v) is 7.59. The zero-order valence-corrected chi connectivity index (χ0v) is 12.0. The molecule has 4 rings (SSSR count). The first-order chi connectivity index (χ1) is 10.3. The third-order valence-corrected chi connectivity index (χ3v) is 4.39. The molecule has 1 aromatic heterocycles. The summed E-state index contributed by atoms with van der Waals surface area (Å²) in [5, 5.41) is 1.03. The Morgan fingerprint density at radius 1 is 0.857 bits per heavy atom. The number of aromatic nitrogens is 1. The highest BCUT2D eigenvalue weighted by atomic mass is 14.7. The number of hydrogen-bond acceptors (Lipinski definition) is 2. The van der Waals surface area contributed by atoms with Gasteiger partial charge in [-0.05, 0) is 55.0 Å². The maximum atomic E-state index is 6.19. The lowest BCUT2D eigenvalue weighted by Crippen LogP contribution is -2.02. The van der Waals surface area contributed by atoms with Gasteiger partial charge in [0.15, 0.2) is 0 Å². The molecule has 21 heavy (non-hydrogen) atoms. The first kappa shape index (κ1) is 12.4. The van der Waals surface area contributed by atoms with Gasteiger partial charge in [0.1, 0.15) is 0 Å². The van der Waals surface area contributed by atoms with Gasteiger partial charge in [-0.15, -0.1) is 0 Å². The number of hydrogen-bond donors (Lipinski definition) is 1. The summed E-state index contributed by atoms with van der Waals surface area (Å²) >= 11 is 0. The molecule has 0 radical (unpaired) electrons. The Hall–Kier alpha value is -2.35. The normalized spacial score (nSPS) is 14.1. The number of pyridine rings is 1. The number of benzene rings is 2. The summed E-state index contributed by atoms with van der Waals surface area (Å²) in [4.78, 5) is 4.78. The quantitative estimate of drug-likeness (QED) is 0.716. The number of nitrogens with two attached hydrogens (primary N) is 1. The lowest BCUT2D eigenvalue weighted by Gasteiger charge is -2.16. The molecule has 0 aliphatic heterocycles. The third kappa shape index (κ3) is 2.17. The predicted molar refractivity (Wildman–Crippen MR) is 88.2 cm³/mol. The van der Waals surface area contributed by atoms with Crippen LogP contribution in [0, 0.1) is 0 Å². The van der Waals surface area contributed by atoms with Crippen molar-refractivity contribution in [3.63, 3.8) is 0 Å². The van der Waals surface area contributed by atoms with E-state index >= 15 is 0 Å². The Kier molecular flexibility index (Phi) is 2.88. The van der Waals surface area contributed by atoms with E-state index in [9.17, 15) is 0 Å². The van der Waals surface area contributed by atoms with E-state index in [0.717, 1.165) is 22.3 Å². The van der Waals surface area contributed by atoms with E-state index in [1.807, 2.05) is 30.3 Å². The van der Waals surface area contributed by atoms with Crippen LogP contribution in [0.25, 0.3) is 22.2 Å². The molecule has 2 heteroatoms. The summed E-state index contributed by atoms with van der Waals surface area (Å²) in [5.74, 6) is 0. The van der Waals surface area contributed by atoms with Gasteiger partial charge in [-0.3, -0.25) is 0 Å². The van der Waals surface area contributed by atoms with Crippen molar-refractivity contribution in [1.82, 2.24) is 4.98 Å². The molecule has 0 atom stereocenters. The molecule has 0 spiro atoms. The van der Waals surface area contributed by atoms with E-state index in [1.54, 1.807) is 0 Å². The van der Waals surface area contributed by atoms with Crippen LogP contribution >= 0.6 is 0 Å². The first-order valence-electron chi connectivity index (χ1n) is 7.59. The minimum atomic E-state index is 0.799. The molecule has 1 aliphatic rings. The summed E-state index contributed by atoms with van der Waals surface area (Å²) in [6.07, 6.45) is 5.01. The van der Waals surface area contributed by atoms with Crippen LogP contribution in [0.5, 0.6) is 0 Å². The Morgan fingerprint density at radius 3 is 2.57 bits per heavy atom. The Labute approximate surface area is 124 Å². The van der Waals surface area contributed by atoms with Gasteiger partial charge < -0.3 is 5.73 Å². The second kappa shape index (κ2) is 4.88. The zero-order chi connectivity index (χ0) is 14.2. The second-order valence-electron chi connectivity index (χ2n) is 5.80. The van der Waals surface area contributed by atoms with Crippen LogP contribution in [-0.4, -0.2) is 4.98 Å². The van der Waals surface area contributed by atoms with E-state index < -0.39 is 0 Å². The summed E-state index contributed by atoms with van der Waals surface area (Å²) < 4.78 is 0. The predicted octanol–water partition coefficient (Wildman–Crippen LogP) is 4.36. The van der Waals surface area contributed by atoms with Crippen molar-refractivity contribution in [2.24, 2.45) is 0 Å². The van der Waals surface area contributed by atoms with Crippen LogP contribution < -0.4 is 5.73 Å². The maximum Gasteiger partial charge on any atom is 0.0730 e. The molecule has 0 unspecified atom stereocenters. The van der Waals surface area contributed by atoms with Crippen LogP contribution in [-0.2, 0) is 12.8 Å². The van der Waals surface area contributed by atoms with Crippen molar-refractivity contribution in [2.75, 3.05) is 5.73 Å². The Morgan fingerprint density at radius 2 is 1.67 bits per heavy atom. The number of aryl methyl sites for hydroxylation is 2. The fraction of sp³-hybridized carbons (Fsp3) is 0.211. The highest BCUT2D eigenvalue weighted by Gasteiger charge is 2.11. The molecule has 0 bridgehead atoms. The van der Waals surface area contributed by atoms with Crippen LogP contribution in [0.3, 0.4) is 0 Å². The van der Waals surface area contributed by atoms with Crippen molar-refractivity contribution >= 4 is 16.6 Å². The Balaban J connectivity index is 1.86. The molecule has 1 aliphatic carbocycles. The van der Waals surface area contributed by atoms with Gasteiger partial charge in [0.2, 0.25) is 0 Å². The number of nitrogen functional groups attached to an aromatic ring is 1. The molecular formula is C19H18N2. The van der Waals surface area contributed by atoms with Gasteiger partial charge in [0.05, 0.1) is 11.2 Å². The van der Waals surface area contributed by atoms with Crippen LogP contribution in [0.4, 0.5) is 5.69 Å². The molecule has 104 valence electrons. The molecule has 2 nitrogen and oxygen atoms in total. The minimum absolute atomic E-state index is 0.799. The number of para-hydroxylation sites is 1. The lowest BCUT2D eigenvalue weighted by atomic mass is 9.90. The smallest absolute Gasteiger partial charge is 0.0730 e. The second-order valence-corrected chi connectivity index (χ2v) is 5.80. The average Bonchev–Trinajstić information content (AvgIpc) is 2.54. The molecular weight excluding hydrogens is 256 g/mol. The molecule has 1 heterocycles. The van der Waals surface area contributed by atoms with Gasteiger partial charge in [-0.1, -0.05) is 30.3 Å². The van der Waals surface area contributed by atoms with E-state index in [1.165, 1.54) is 42.4 Å². The number of nitrogens with zero attached hydrogens (tertiary/aromatic N) is 1. The summed E-state index contributed by atoms with van der Waals surface area (Å²) in [6.45, 7) is 0. The molecule has 0 saturated carbocycles. The fourth-order valence-electron chi connectivity index (χ4n) is 3.24. The molecule has 0 amide bonds. The van der Waals surface area contributed by atoms with Crippen molar-refractivity contribution in [1.29, 1.82) is 0 Å². The summed E-state index contributed by atoms with van der Waals surface area (Å²) in [5.41, 5.74) is 13.1. The number of rotatable bonds is 1. The Bertz CT molecular complexity index is 821. The molecule has 0 saturated heterocycles. The van der Waals surface area contributed by atoms with E-state index in [0.29, 0.717) is 0 Å². The number of anilines is 1. The lowest BCUT2D eigenvalue weighted by molar-refractivity contribution is 0.686. The van der Waals surface area contributed by atoms with Gasteiger partial charge in [0, 0.05) is 16.6 Å². The molecule has 3 aromatic rings. The minimum Gasteiger partial charge on any atom is -0.398 e. The summed E-state index contributed by atoms with van der Waals surface area (Å²) in [6, 6.07) is 16.8. The molecule has 0 fully saturated rings. The largest absolute Gasteiger partial charge is 0.398 e. The van der Waals surface area contributed by atoms with E-state index in [4.69, 9.17) is 10.7 Å². The standard InChI is InChI=1S/C19H18N2/c20-17-12-19(21-18-8-4-3-7-16(17)18)15-10-9-13-5-1-2-6-14(13)11-15/h3-4,7-12H,1-2,5-6H2,(H2,20,21). The van der Waals surface area contributed by atoms with Gasteiger partial charge >= 0.3 is 0 Å². The molecule has 2 aromatic carbocycles. The van der Waals surface area contributed by atoms with Crippen LogP contribution in [0.15, 0.2) is 48.5 Å². The number of fused-ring (bicyclic) bond motifs is 2. The topological polar surface area (TPSA) is 38.9 Å². The van der Waals surface area contributed by atoms with Crippen molar-refractivity contribution in [3.05, 3.63) is 59.7 Å².